The van der Waals surface area contributed by atoms with Crippen LogP contribution in [0.2, 0.25) is 0 Å². The third-order valence-electron chi connectivity index (χ3n) is 3.84. The Kier molecular flexibility index (Phi) is 4.80. The number of amides is 1. The Labute approximate surface area is 132 Å². The van der Waals surface area contributed by atoms with Crippen molar-refractivity contribution in [3.8, 4) is 10.6 Å². The van der Waals surface area contributed by atoms with Crippen molar-refractivity contribution in [2.75, 3.05) is 19.6 Å². The number of rotatable bonds is 5. The second-order valence-corrected chi connectivity index (χ2v) is 6.28. The zero-order valence-electron chi connectivity index (χ0n) is 12.1. The molecule has 6 heteroatoms. The van der Waals surface area contributed by atoms with Gasteiger partial charge >= 0.3 is 0 Å². The van der Waals surface area contributed by atoms with Crippen molar-refractivity contribution in [2.24, 2.45) is 5.92 Å². The van der Waals surface area contributed by atoms with Crippen molar-refractivity contribution >= 4 is 17.2 Å². The van der Waals surface area contributed by atoms with E-state index in [-0.39, 0.29) is 11.7 Å². The maximum absolute atomic E-state index is 13.7. The molecule has 1 fully saturated rings. The summed E-state index contributed by atoms with van der Waals surface area (Å²) in [5.41, 5.74) is 0.788. The number of nitrogens with one attached hydrogen (secondary N) is 2. The number of hydrogen-bond donors (Lipinski definition) is 2. The molecule has 0 bridgehead atoms. The molecule has 2 N–H and O–H groups in total. The van der Waals surface area contributed by atoms with Gasteiger partial charge in [0.2, 0.25) is 0 Å². The van der Waals surface area contributed by atoms with Crippen LogP contribution in [0.15, 0.2) is 29.6 Å². The van der Waals surface area contributed by atoms with Gasteiger partial charge in [0.05, 0.1) is 0 Å². The highest BCUT2D eigenvalue weighted by molar-refractivity contribution is 7.13. The zero-order valence-corrected chi connectivity index (χ0v) is 13.0. The van der Waals surface area contributed by atoms with E-state index < -0.39 is 0 Å². The van der Waals surface area contributed by atoms with Crippen LogP contribution in [0.3, 0.4) is 0 Å². The summed E-state index contributed by atoms with van der Waals surface area (Å²) in [7, 11) is 0. The quantitative estimate of drug-likeness (QED) is 0.891. The van der Waals surface area contributed by atoms with Gasteiger partial charge in [-0.05, 0) is 44.0 Å². The first-order valence-corrected chi connectivity index (χ1v) is 8.31. The Hall–Kier alpha value is -1.79. The number of carbonyl (C=O) groups excluding carboxylic acids is 1. The molecule has 0 spiro atoms. The van der Waals surface area contributed by atoms with Gasteiger partial charge in [0.25, 0.3) is 5.91 Å². The van der Waals surface area contributed by atoms with E-state index in [0.29, 0.717) is 28.7 Å². The van der Waals surface area contributed by atoms with Gasteiger partial charge in [0.1, 0.15) is 16.5 Å². The Bertz CT molecular complexity index is 652. The fourth-order valence-corrected chi connectivity index (χ4v) is 3.40. The standard InChI is InChI=1S/C16H18FN3OS/c17-13-4-2-1-3-12(13)16-20-14(10-22-16)15(21)19-8-6-11-5-7-18-9-11/h1-4,10-11,18H,5-9H2,(H,19,21). The van der Waals surface area contributed by atoms with Gasteiger partial charge in [-0.3, -0.25) is 4.79 Å². The predicted molar refractivity (Wildman–Crippen MR) is 85.4 cm³/mol. The summed E-state index contributed by atoms with van der Waals surface area (Å²) < 4.78 is 13.7. The Morgan fingerprint density at radius 2 is 2.32 bits per heavy atom. The van der Waals surface area contributed by atoms with Gasteiger partial charge in [-0.1, -0.05) is 12.1 Å². The molecular formula is C16H18FN3OS. The molecule has 3 rings (SSSR count). The maximum Gasteiger partial charge on any atom is 0.270 e. The second-order valence-electron chi connectivity index (χ2n) is 5.42. The lowest BCUT2D eigenvalue weighted by Gasteiger charge is -2.08. The van der Waals surface area contributed by atoms with Crippen molar-refractivity contribution in [3.63, 3.8) is 0 Å². The molecule has 0 aliphatic carbocycles. The SMILES string of the molecule is O=C(NCCC1CCNC1)c1csc(-c2ccccc2F)n1. The molecule has 1 aromatic heterocycles. The van der Waals surface area contributed by atoms with E-state index in [1.165, 1.54) is 23.8 Å². The minimum absolute atomic E-state index is 0.190. The summed E-state index contributed by atoms with van der Waals surface area (Å²) in [5, 5.41) is 8.40. The molecule has 2 aromatic rings. The smallest absolute Gasteiger partial charge is 0.270 e. The first-order valence-electron chi connectivity index (χ1n) is 7.43. The topological polar surface area (TPSA) is 54.0 Å². The minimum atomic E-state index is -0.322. The average Bonchev–Trinajstić information content (AvgIpc) is 3.19. The molecule has 0 radical (unpaired) electrons. The van der Waals surface area contributed by atoms with Crippen molar-refractivity contribution in [3.05, 3.63) is 41.2 Å². The van der Waals surface area contributed by atoms with Crippen LogP contribution in [0, 0.1) is 11.7 Å². The van der Waals surface area contributed by atoms with Crippen LogP contribution in [0.4, 0.5) is 4.39 Å². The van der Waals surface area contributed by atoms with Gasteiger partial charge < -0.3 is 10.6 Å². The maximum atomic E-state index is 13.7. The molecular weight excluding hydrogens is 301 g/mol. The van der Waals surface area contributed by atoms with Gasteiger partial charge in [-0.15, -0.1) is 11.3 Å². The normalized spacial score (nSPS) is 17.6. The lowest BCUT2D eigenvalue weighted by atomic mass is 10.1. The lowest BCUT2D eigenvalue weighted by Crippen LogP contribution is -2.26. The second kappa shape index (κ2) is 6.98. The summed E-state index contributed by atoms with van der Waals surface area (Å²) in [4.78, 5) is 16.3. The van der Waals surface area contributed by atoms with Gasteiger partial charge in [0.15, 0.2) is 0 Å². The Morgan fingerprint density at radius 3 is 3.09 bits per heavy atom. The minimum Gasteiger partial charge on any atom is -0.351 e. The highest BCUT2D eigenvalue weighted by atomic mass is 32.1. The number of aromatic nitrogens is 1. The zero-order chi connectivity index (χ0) is 15.4. The lowest BCUT2D eigenvalue weighted by molar-refractivity contribution is 0.0947. The molecule has 0 saturated carbocycles. The summed E-state index contributed by atoms with van der Waals surface area (Å²) in [6, 6.07) is 6.46. The van der Waals surface area contributed by atoms with Crippen molar-refractivity contribution < 1.29 is 9.18 Å². The Balaban J connectivity index is 1.58. The molecule has 116 valence electrons. The van der Waals surface area contributed by atoms with Crippen LogP contribution in [0.1, 0.15) is 23.3 Å². The molecule has 1 saturated heterocycles. The van der Waals surface area contributed by atoms with Crippen molar-refractivity contribution in [1.29, 1.82) is 0 Å². The van der Waals surface area contributed by atoms with E-state index in [1.807, 2.05) is 0 Å². The third-order valence-corrected chi connectivity index (χ3v) is 4.72. The number of halogens is 1. The van der Waals surface area contributed by atoms with E-state index in [4.69, 9.17) is 0 Å². The van der Waals surface area contributed by atoms with Crippen LogP contribution < -0.4 is 10.6 Å². The fourth-order valence-electron chi connectivity index (χ4n) is 2.58. The van der Waals surface area contributed by atoms with E-state index in [0.717, 1.165) is 19.5 Å². The molecule has 4 nitrogen and oxygen atoms in total. The number of carbonyl (C=O) groups is 1. The van der Waals surface area contributed by atoms with Gasteiger partial charge in [0, 0.05) is 17.5 Å². The van der Waals surface area contributed by atoms with Crippen LogP contribution in [-0.2, 0) is 0 Å². The van der Waals surface area contributed by atoms with E-state index in [9.17, 15) is 9.18 Å². The fraction of sp³-hybridized carbons (Fsp3) is 0.375. The van der Waals surface area contributed by atoms with Crippen LogP contribution in [0.25, 0.3) is 10.6 Å². The number of hydrogen-bond acceptors (Lipinski definition) is 4. The molecule has 2 heterocycles. The first-order chi connectivity index (χ1) is 10.7. The molecule has 1 atom stereocenters. The van der Waals surface area contributed by atoms with E-state index in [2.05, 4.69) is 15.6 Å². The molecule has 1 aromatic carbocycles. The van der Waals surface area contributed by atoms with Gasteiger partial charge in [-0.25, -0.2) is 9.37 Å². The van der Waals surface area contributed by atoms with Crippen molar-refractivity contribution in [1.82, 2.24) is 15.6 Å². The van der Waals surface area contributed by atoms with E-state index >= 15 is 0 Å². The Morgan fingerprint density at radius 1 is 1.45 bits per heavy atom. The summed E-state index contributed by atoms with van der Waals surface area (Å²) in [6.07, 6.45) is 2.15. The molecule has 1 aliphatic heterocycles. The summed E-state index contributed by atoms with van der Waals surface area (Å²) in [6.45, 7) is 2.75. The van der Waals surface area contributed by atoms with Crippen LogP contribution in [0.5, 0.6) is 0 Å². The highest BCUT2D eigenvalue weighted by Crippen LogP contribution is 2.26. The largest absolute Gasteiger partial charge is 0.351 e. The monoisotopic (exact) mass is 319 g/mol. The molecule has 1 unspecified atom stereocenters. The highest BCUT2D eigenvalue weighted by Gasteiger charge is 2.16. The first kappa shape index (κ1) is 15.1. The third kappa shape index (κ3) is 3.51. The van der Waals surface area contributed by atoms with E-state index in [1.54, 1.807) is 23.6 Å². The molecule has 1 amide bonds. The number of thiazole rings is 1. The molecule has 22 heavy (non-hydrogen) atoms. The number of benzene rings is 1. The predicted octanol–water partition coefficient (Wildman–Crippen LogP) is 2.68. The van der Waals surface area contributed by atoms with Crippen LogP contribution in [-0.4, -0.2) is 30.5 Å². The van der Waals surface area contributed by atoms with Gasteiger partial charge in [-0.2, -0.15) is 0 Å². The van der Waals surface area contributed by atoms with Crippen molar-refractivity contribution in [2.45, 2.75) is 12.8 Å². The molecule has 1 aliphatic rings. The summed E-state index contributed by atoms with van der Waals surface area (Å²) >= 11 is 1.28. The summed E-state index contributed by atoms with van der Waals surface area (Å²) in [5.74, 6) is 0.132. The number of nitrogens with zero attached hydrogens (tertiary/aromatic N) is 1. The van der Waals surface area contributed by atoms with Crippen LogP contribution >= 0.6 is 11.3 Å². The average molecular weight is 319 g/mol.